The minimum absolute atomic E-state index is 0.392. The van der Waals surface area contributed by atoms with E-state index in [0.717, 1.165) is 35.0 Å². The largest absolute Gasteiger partial charge is 0.383 e. The van der Waals surface area contributed by atoms with Gasteiger partial charge in [0.15, 0.2) is 17.3 Å². The third kappa shape index (κ3) is 5.40. The van der Waals surface area contributed by atoms with Crippen molar-refractivity contribution in [1.29, 1.82) is 0 Å². The summed E-state index contributed by atoms with van der Waals surface area (Å²) in [5, 5.41) is 4.32. The lowest BCUT2D eigenvalue weighted by molar-refractivity contribution is 0.626. The fraction of sp³-hybridized carbons (Fsp3) is 0.333. The predicted molar refractivity (Wildman–Crippen MR) is 154 cm³/mol. The van der Waals surface area contributed by atoms with E-state index in [1.807, 2.05) is 30.5 Å². The number of imidazole rings is 1. The Bertz CT molecular complexity index is 1440. The van der Waals surface area contributed by atoms with Crippen LogP contribution < -0.4 is 5.73 Å². The molecule has 1 aromatic carbocycles. The highest BCUT2D eigenvalue weighted by Gasteiger charge is 2.23. The lowest BCUT2D eigenvalue weighted by Crippen LogP contribution is -2.17. The van der Waals surface area contributed by atoms with Gasteiger partial charge >= 0.3 is 0 Å². The van der Waals surface area contributed by atoms with Crippen LogP contribution in [0.25, 0.3) is 28.2 Å². The zero-order chi connectivity index (χ0) is 26.5. The Labute approximate surface area is 219 Å². The maximum Gasteiger partial charge on any atom is 0.167 e. The number of nitrogens with two attached hydrogens (primary N) is 1. The first kappa shape index (κ1) is 26.1. The first-order chi connectivity index (χ1) is 17.9. The second kappa shape index (κ2) is 11.4. The Morgan fingerprint density at radius 1 is 1.24 bits per heavy atom. The highest BCUT2D eigenvalue weighted by Crippen LogP contribution is 2.35. The Morgan fingerprint density at radius 3 is 2.68 bits per heavy atom. The lowest BCUT2D eigenvalue weighted by atomic mass is 10.0. The number of benzene rings is 1. The van der Waals surface area contributed by atoms with E-state index in [2.05, 4.69) is 67.1 Å². The van der Waals surface area contributed by atoms with Gasteiger partial charge in [-0.25, -0.2) is 14.6 Å². The van der Waals surface area contributed by atoms with Gasteiger partial charge in [0.25, 0.3) is 0 Å². The van der Waals surface area contributed by atoms with Crippen LogP contribution in [0.1, 0.15) is 63.4 Å². The molecule has 37 heavy (non-hydrogen) atoms. The molecule has 2 N–H and O–H groups in total. The van der Waals surface area contributed by atoms with Crippen molar-refractivity contribution in [3.05, 3.63) is 84.5 Å². The average molecular weight is 496 g/mol. The summed E-state index contributed by atoms with van der Waals surface area (Å²) in [5.74, 6) is 3.26. The molecule has 0 amide bonds. The van der Waals surface area contributed by atoms with E-state index in [0.29, 0.717) is 23.2 Å². The third-order valence-electron chi connectivity index (χ3n) is 6.85. The van der Waals surface area contributed by atoms with E-state index >= 15 is 0 Å². The van der Waals surface area contributed by atoms with Crippen molar-refractivity contribution in [2.24, 2.45) is 16.6 Å². The summed E-state index contributed by atoms with van der Waals surface area (Å²) in [5.41, 5.74) is 12.3. The molecule has 192 valence electrons. The van der Waals surface area contributed by atoms with Crippen LogP contribution in [0.15, 0.2) is 72.5 Å². The molecule has 1 atom stereocenters. The number of hydrogen-bond acceptors (Lipinski definition) is 4. The van der Waals surface area contributed by atoms with Crippen LogP contribution in [-0.2, 0) is 6.42 Å². The normalized spacial score (nSPS) is 15.6. The van der Waals surface area contributed by atoms with Crippen LogP contribution in [-0.4, -0.2) is 37.2 Å². The Balaban J connectivity index is 0.000000586. The number of nitrogens with zero attached hydrogens (tertiary/aromatic N) is 6. The van der Waals surface area contributed by atoms with E-state index in [-0.39, 0.29) is 0 Å². The molecule has 0 fully saturated rings. The van der Waals surface area contributed by atoms with E-state index < -0.39 is 0 Å². The van der Waals surface area contributed by atoms with E-state index in [9.17, 15) is 0 Å². The summed E-state index contributed by atoms with van der Waals surface area (Å²) in [7, 11) is 1.67. The van der Waals surface area contributed by atoms with Crippen molar-refractivity contribution in [2.45, 2.75) is 52.9 Å². The Hall–Kier alpha value is -4.00. The van der Waals surface area contributed by atoms with Gasteiger partial charge in [0, 0.05) is 25.1 Å². The summed E-state index contributed by atoms with van der Waals surface area (Å²) < 4.78 is 3.79. The zero-order valence-electron chi connectivity index (χ0n) is 22.5. The number of fused-ring (bicyclic) bond motifs is 2. The second-order valence-corrected chi connectivity index (χ2v) is 9.78. The van der Waals surface area contributed by atoms with Crippen molar-refractivity contribution in [3.63, 3.8) is 0 Å². The van der Waals surface area contributed by atoms with Crippen LogP contribution in [0.4, 0.5) is 0 Å². The highest BCUT2D eigenvalue weighted by atomic mass is 15.3. The van der Waals surface area contributed by atoms with Gasteiger partial charge in [-0.15, -0.1) is 0 Å². The maximum absolute atomic E-state index is 6.27. The summed E-state index contributed by atoms with van der Waals surface area (Å²) >= 11 is 0. The zero-order valence-corrected chi connectivity index (χ0v) is 22.5. The molecule has 3 heterocycles. The van der Waals surface area contributed by atoms with Gasteiger partial charge in [0.05, 0.1) is 5.57 Å². The average Bonchev–Trinajstić information content (AvgIpc) is 3.65. The molecule has 4 aromatic rings. The van der Waals surface area contributed by atoms with E-state index in [1.165, 1.54) is 24.0 Å². The van der Waals surface area contributed by atoms with Crippen LogP contribution >= 0.6 is 0 Å². The fourth-order valence-electron chi connectivity index (χ4n) is 4.37. The maximum atomic E-state index is 6.27. The van der Waals surface area contributed by atoms with Crippen LogP contribution in [0.5, 0.6) is 0 Å². The number of allylic oxidation sites excluding steroid dienone is 2. The molecule has 0 spiro atoms. The van der Waals surface area contributed by atoms with Gasteiger partial charge in [-0.05, 0) is 72.2 Å². The number of hydrogen-bond donors (Lipinski definition) is 1. The minimum Gasteiger partial charge on any atom is -0.383 e. The van der Waals surface area contributed by atoms with Crippen molar-refractivity contribution < 1.29 is 0 Å². The van der Waals surface area contributed by atoms with Gasteiger partial charge in [0.2, 0.25) is 0 Å². The smallest absolute Gasteiger partial charge is 0.167 e. The molecule has 1 aliphatic rings. The van der Waals surface area contributed by atoms with Gasteiger partial charge < -0.3 is 5.73 Å². The highest BCUT2D eigenvalue weighted by molar-refractivity contribution is 6.21. The van der Waals surface area contributed by atoms with Crippen LogP contribution in [0.2, 0.25) is 0 Å². The quantitative estimate of drug-likeness (QED) is 0.194. The predicted octanol–water partition coefficient (Wildman–Crippen LogP) is 6.26. The number of aromatic nitrogens is 5. The van der Waals surface area contributed by atoms with E-state index in [4.69, 9.17) is 15.7 Å². The van der Waals surface area contributed by atoms with E-state index in [1.54, 1.807) is 24.0 Å². The summed E-state index contributed by atoms with van der Waals surface area (Å²) in [6.45, 7) is 12.8. The minimum atomic E-state index is 0.392. The summed E-state index contributed by atoms with van der Waals surface area (Å²) in [6.07, 6.45) is 10.7. The number of pyridine rings is 1. The van der Waals surface area contributed by atoms with Crippen molar-refractivity contribution >= 4 is 22.6 Å². The molecule has 0 saturated heterocycles. The summed E-state index contributed by atoms with van der Waals surface area (Å²) in [4.78, 5) is 14.0. The van der Waals surface area contributed by atoms with Gasteiger partial charge in [-0.2, -0.15) is 5.10 Å². The number of amidine groups is 1. The fourth-order valence-corrected chi connectivity index (χ4v) is 4.37. The Morgan fingerprint density at radius 2 is 2.03 bits per heavy atom. The van der Waals surface area contributed by atoms with Crippen LogP contribution in [0, 0.1) is 5.92 Å². The van der Waals surface area contributed by atoms with Crippen molar-refractivity contribution in [3.8, 4) is 11.5 Å². The SMILES string of the molecule is C=C/C=C(\C(N)=NC)c1nc2ccc(-n3cccn3)nc2n1-c1ccc2c(c1)CCC2C.CCC(C)C. The first-order valence-corrected chi connectivity index (χ1v) is 13.0. The van der Waals surface area contributed by atoms with Gasteiger partial charge in [0.1, 0.15) is 11.4 Å². The lowest BCUT2D eigenvalue weighted by Gasteiger charge is -2.13. The van der Waals surface area contributed by atoms with Gasteiger partial charge in [-0.3, -0.25) is 9.56 Å². The standard InChI is InChI=1S/C25H25N7.C5H12/c1-4-6-20(23(26)27-3)24-29-21-11-12-22(31-14-5-13-28-31)30-25(21)32(24)18-9-10-19-16(2)7-8-17(19)15-18;1-4-5(2)3/h4-6,9-16H,1,7-8H2,2-3H3,(H2,26,27);5H,4H2,1-3H3/b20-6+;. The topological polar surface area (TPSA) is 86.9 Å². The molecule has 3 aromatic heterocycles. The molecule has 7 nitrogen and oxygen atoms in total. The molecule has 0 bridgehead atoms. The summed E-state index contributed by atoms with van der Waals surface area (Å²) in [6, 6.07) is 12.4. The Kier molecular flexibility index (Phi) is 8.01. The molecule has 0 radical (unpaired) electrons. The molecule has 1 unspecified atom stereocenters. The molecule has 0 saturated carbocycles. The molecule has 7 heteroatoms. The van der Waals surface area contributed by atoms with Crippen molar-refractivity contribution in [1.82, 2.24) is 24.3 Å². The van der Waals surface area contributed by atoms with Crippen molar-refractivity contribution in [2.75, 3.05) is 7.05 Å². The number of aryl methyl sites for hydroxylation is 1. The molecular weight excluding hydrogens is 458 g/mol. The third-order valence-corrected chi connectivity index (χ3v) is 6.85. The molecular formula is C30H37N7. The first-order valence-electron chi connectivity index (χ1n) is 13.0. The second-order valence-electron chi connectivity index (χ2n) is 9.78. The van der Waals surface area contributed by atoms with Gasteiger partial charge in [-0.1, -0.05) is 52.8 Å². The molecule has 5 rings (SSSR count). The van der Waals surface area contributed by atoms with Crippen LogP contribution in [0.3, 0.4) is 0 Å². The number of rotatable bonds is 6. The molecule has 1 aliphatic carbocycles. The molecule has 0 aliphatic heterocycles. The monoisotopic (exact) mass is 495 g/mol. The number of aliphatic imine (C=N–C) groups is 1.